The molecule has 0 aliphatic rings. The molecule has 0 aromatic carbocycles. The molecule has 0 aromatic rings. The van der Waals surface area contributed by atoms with Crippen molar-refractivity contribution >= 4 is 6.72 Å². The van der Waals surface area contributed by atoms with Gasteiger partial charge in [-0.1, -0.05) is 25.7 Å². The Morgan fingerprint density at radius 2 is 2.00 bits per heavy atom. The molecule has 2 nitrogen and oxygen atoms in total. The number of aliphatic imine (C=N–C) groups is 1. The first-order valence-corrected chi connectivity index (χ1v) is 5.04. The second-order valence-corrected chi connectivity index (χ2v) is 3.24. The SMILES string of the molecule is C=C/C(=C\C=C(/C)N/C=C(/C)N=C)CC. The van der Waals surface area contributed by atoms with Crippen molar-refractivity contribution in [1.82, 2.24) is 5.32 Å². The molecule has 0 amide bonds. The molecule has 0 atom stereocenters. The van der Waals surface area contributed by atoms with Crippen LogP contribution in [0.2, 0.25) is 0 Å². The van der Waals surface area contributed by atoms with Gasteiger partial charge in [0.1, 0.15) is 0 Å². The predicted octanol–water partition coefficient (Wildman–Crippen LogP) is 3.56. The van der Waals surface area contributed by atoms with Crippen LogP contribution in [-0.4, -0.2) is 6.72 Å². The summed E-state index contributed by atoms with van der Waals surface area (Å²) in [6, 6.07) is 0. The molecule has 82 valence electrons. The van der Waals surface area contributed by atoms with Crippen molar-refractivity contribution in [3.8, 4) is 0 Å². The Morgan fingerprint density at radius 3 is 2.47 bits per heavy atom. The van der Waals surface area contributed by atoms with Crippen molar-refractivity contribution < 1.29 is 0 Å². The van der Waals surface area contributed by atoms with Gasteiger partial charge in [0, 0.05) is 11.9 Å². The summed E-state index contributed by atoms with van der Waals surface area (Å²) in [5, 5.41) is 3.12. The van der Waals surface area contributed by atoms with Gasteiger partial charge in [-0.05, 0) is 38.6 Å². The summed E-state index contributed by atoms with van der Waals surface area (Å²) in [6.45, 7) is 13.2. The Kier molecular flexibility index (Phi) is 6.98. The highest BCUT2D eigenvalue weighted by Gasteiger charge is 1.86. The molecule has 0 aliphatic carbocycles. The zero-order valence-corrected chi connectivity index (χ0v) is 9.88. The van der Waals surface area contributed by atoms with Crippen molar-refractivity contribution in [2.45, 2.75) is 27.2 Å². The molecule has 0 aliphatic heterocycles. The van der Waals surface area contributed by atoms with E-state index in [0.29, 0.717) is 0 Å². The first-order chi connectivity index (χ1) is 7.13. The Balaban J connectivity index is 4.38. The van der Waals surface area contributed by atoms with Crippen LogP contribution in [0.15, 0.2) is 53.0 Å². The Bertz CT molecular complexity index is 306. The molecular weight excluding hydrogens is 184 g/mol. The van der Waals surface area contributed by atoms with E-state index in [1.807, 2.05) is 32.2 Å². The Hall–Kier alpha value is -1.57. The van der Waals surface area contributed by atoms with Crippen LogP contribution in [0, 0.1) is 0 Å². The highest BCUT2D eigenvalue weighted by Crippen LogP contribution is 2.02. The largest absolute Gasteiger partial charge is 0.364 e. The molecule has 0 saturated carbocycles. The average Bonchev–Trinajstić information content (AvgIpc) is 2.27. The monoisotopic (exact) mass is 204 g/mol. The fourth-order valence-electron chi connectivity index (χ4n) is 0.874. The zero-order chi connectivity index (χ0) is 11.7. The van der Waals surface area contributed by atoms with Crippen LogP contribution in [0.4, 0.5) is 0 Å². The van der Waals surface area contributed by atoms with Crippen LogP contribution >= 0.6 is 0 Å². The molecule has 2 heteroatoms. The van der Waals surface area contributed by atoms with E-state index in [0.717, 1.165) is 17.8 Å². The lowest BCUT2D eigenvalue weighted by molar-refractivity contribution is 1.03. The summed E-state index contributed by atoms with van der Waals surface area (Å²) in [5.41, 5.74) is 3.15. The van der Waals surface area contributed by atoms with Crippen LogP contribution in [-0.2, 0) is 0 Å². The first kappa shape index (κ1) is 13.4. The van der Waals surface area contributed by atoms with Crippen molar-refractivity contribution in [2.75, 3.05) is 0 Å². The molecular formula is C13H20N2. The van der Waals surface area contributed by atoms with E-state index in [4.69, 9.17) is 0 Å². The summed E-state index contributed by atoms with van der Waals surface area (Å²) in [6.07, 6.45) is 8.77. The van der Waals surface area contributed by atoms with Gasteiger partial charge in [0.2, 0.25) is 0 Å². The minimum atomic E-state index is 0.867. The maximum Gasteiger partial charge on any atom is 0.0525 e. The maximum absolute atomic E-state index is 3.78. The molecule has 0 unspecified atom stereocenters. The fraction of sp³-hybridized carbons (Fsp3) is 0.308. The minimum absolute atomic E-state index is 0.867. The number of hydrogen-bond acceptors (Lipinski definition) is 2. The van der Waals surface area contributed by atoms with Gasteiger partial charge in [0.25, 0.3) is 0 Å². The van der Waals surface area contributed by atoms with E-state index in [2.05, 4.69) is 36.6 Å². The quantitative estimate of drug-likeness (QED) is 0.519. The third-order valence-corrected chi connectivity index (χ3v) is 1.98. The summed E-state index contributed by atoms with van der Waals surface area (Å²) < 4.78 is 0. The Morgan fingerprint density at radius 1 is 1.33 bits per heavy atom. The Labute approximate surface area is 92.8 Å². The molecule has 15 heavy (non-hydrogen) atoms. The van der Waals surface area contributed by atoms with Crippen LogP contribution in [0.3, 0.4) is 0 Å². The lowest BCUT2D eigenvalue weighted by atomic mass is 10.2. The zero-order valence-electron chi connectivity index (χ0n) is 9.88. The van der Waals surface area contributed by atoms with E-state index < -0.39 is 0 Å². The standard InChI is InChI=1S/C13H20N2/c1-6-13(7-2)9-8-11(3)15-10-12(4)14-5/h6,8-10,15H,1,5,7H2,2-4H3/b11-8+,12-10-,13-9+. The molecule has 0 radical (unpaired) electrons. The maximum atomic E-state index is 3.78. The highest BCUT2D eigenvalue weighted by molar-refractivity contribution is 5.28. The summed E-state index contributed by atoms with van der Waals surface area (Å²) >= 11 is 0. The normalized spacial score (nSPS) is 13.7. The van der Waals surface area contributed by atoms with E-state index in [1.165, 1.54) is 5.57 Å². The van der Waals surface area contributed by atoms with Gasteiger partial charge >= 0.3 is 0 Å². The van der Waals surface area contributed by atoms with Gasteiger partial charge in [-0.3, -0.25) is 4.99 Å². The van der Waals surface area contributed by atoms with Crippen LogP contribution in [0.25, 0.3) is 0 Å². The van der Waals surface area contributed by atoms with Gasteiger partial charge in [0.15, 0.2) is 0 Å². The van der Waals surface area contributed by atoms with E-state index in [-0.39, 0.29) is 0 Å². The molecule has 0 heterocycles. The number of rotatable bonds is 6. The van der Waals surface area contributed by atoms with Gasteiger partial charge < -0.3 is 5.32 Å². The topological polar surface area (TPSA) is 24.4 Å². The number of hydrogen-bond donors (Lipinski definition) is 1. The van der Waals surface area contributed by atoms with Crippen molar-refractivity contribution in [3.63, 3.8) is 0 Å². The summed E-state index contributed by atoms with van der Waals surface area (Å²) in [4.78, 5) is 3.78. The van der Waals surface area contributed by atoms with E-state index in [9.17, 15) is 0 Å². The summed E-state index contributed by atoms with van der Waals surface area (Å²) in [7, 11) is 0. The molecule has 0 spiro atoms. The van der Waals surface area contributed by atoms with E-state index in [1.54, 1.807) is 0 Å². The second kappa shape index (κ2) is 7.80. The van der Waals surface area contributed by atoms with Gasteiger partial charge in [0.05, 0.1) is 5.70 Å². The number of nitrogens with one attached hydrogen (secondary N) is 1. The highest BCUT2D eigenvalue weighted by atomic mass is 14.9. The predicted molar refractivity (Wildman–Crippen MR) is 68.8 cm³/mol. The first-order valence-electron chi connectivity index (χ1n) is 5.04. The lowest BCUT2D eigenvalue weighted by Gasteiger charge is -2.00. The average molecular weight is 204 g/mol. The van der Waals surface area contributed by atoms with Crippen molar-refractivity contribution in [3.05, 3.63) is 48.0 Å². The van der Waals surface area contributed by atoms with Gasteiger partial charge in [-0.15, -0.1) is 0 Å². The number of nitrogens with zero attached hydrogens (tertiary/aromatic N) is 1. The van der Waals surface area contributed by atoms with Crippen LogP contribution < -0.4 is 5.32 Å². The van der Waals surface area contributed by atoms with Gasteiger partial charge in [-0.25, -0.2) is 0 Å². The smallest absolute Gasteiger partial charge is 0.0525 e. The number of allylic oxidation sites excluding steroid dienone is 6. The summed E-state index contributed by atoms with van der Waals surface area (Å²) in [5.74, 6) is 0. The molecule has 0 bridgehead atoms. The fourth-order valence-corrected chi connectivity index (χ4v) is 0.874. The molecule has 0 fully saturated rings. The minimum Gasteiger partial charge on any atom is -0.364 e. The van der Waals surface area contributed by atoms with Crippen LogP contribution in [0.5, 0.6) is 0 Å². The third-order valence-electron chi connectivity index (χ3n) is 1.98. The molecule has 0 saturated heterocycles. The van der Waals surface area contributed by atoms with Crippen LogP contribution in [0.1, 0.15) is 27.2 Å². The third kappa shape index (κ3) is 6.49. The van der Waals surface area contributed by atoms with Crippen molar-refractivity contribution in [2.24, 2.45) is 4.99 Å². The molecule has 0 aromatic heterocycles. The van der Waals surface area contributed by atoms with Crippen molar-refractivity contribution in [1.29, 1.82) is 0 Å². The lowest BCUT2D eigenvalue weighted by Crippen LogP contribution is -2.01. The molecule has 1 N–H and O–H groups in total. The van der Waals surface area contributed by atoms with E-state index >= 15 is 0 Å². The second-order valence-electron chi connectivity index (χ2n) is 3.24. The van der Waals surface area contributed by atoms with Gasteiger partial charge in [-0.2, -0.15) is 0 Å². The molecule has 0 rings (SSSR count).